The van der Waals surface area contributed by atoms with E-state index >= 15 is 0 Å². The van der Waals surface area contributed by atoms with E-state index in [0.29, 0.717) is 12.1 Å². The van der Waals surface area contributed by atoms with Gasteiger partial charge in [-0.1, -0.05) is 18.2 Å². The van der Waals surface area contributed by atoms with Crippen LogP contribution in [0.4, 0.5) is 0 Å². The van der Waals surface area contributed by atoms with Gasteiger partial charge in [-0.25, -0.2) is 0 Å². The molecule has 2 rings (SSSR count). The van der Waals surface area contributed by atoms with Crippen LogP contribution in [-0.2, 0) is 4.74 Å². The molecule has 3 nitrogen and oxygen atoms in total. The molecule has 1 heterocycles. The van der Waals surface area contributed by atoms with E-state index < -0.39 is 0 Å². The average molecular weight is 249 g/mol. The van der Waals surface area contributed by atoms with Gasteiger partial charge in [0.1, 0.15) is 5.75 Å². The molecule has 0 unspecified atom stereocenters. The van der Waals surface area contributed by atoms with Crippen molar-refractivity contribution >= 4 is 0 Å². The molecule has 0 radical (unpaired) electrons. The maximum atomic E-state index is 5.65. The summed E-state index contributed by atoms with van der Waals surface area (Å²) in [6.07, 6.45) is 3.70. The Labute approximate surface area is 109 Å². The fraction of sp³-hybridized carbons (Fsp3) is 0.600. The second-order valence-electron chi connectivity index (χ2n) is 4.87. The highest BCUT2D eigenvalue weighted by atomic mass is 16.5. The van der Waals surface area contributed by atoms with Crippen LogP contribution in [0.25, 0.3) is 0 Å². The summed E-state index contributed by atoms with van der Waals surface area (Å²) in [5, 5.41) is 3.58. The maximum Gasteiger partial charge on any atom is 0.119 e. The molecule has 3 heteroatoms. The number of hydrogen-bond acceptors (Lipinski definition) is 3. The first-order chi connectivity index (χ1) is 8.84. The average Bonchev–Trinajstić information content (AvgIpc) is 2.40. The number of nitrogens with one attached hydrogen (secondary N) is 1. The predicted molar refractivity (Wildman–Crippen MR) is 73.0 cm³/mol. The zero-order chi connectivity index (χ0) is 12.6. The smallest absolute Gasteiger partial charge is 0.119 e. The SMILES string of the molecule is C[C@H]1C[C@@H](NCCCOc2ccccc2)CCO1. The third kappa shape index (κ3) is 4.67. The van der Waals surface area contributed by atoms with Crippen molar-refractivity contribution in [1.82, 2.24) is 5.32 Å². The van der Waals surface area contributed by atoms with Gasteiger partial charge in [0.15, 0.2) is 0 Å². The standard InChI is InChI=1S/C15H23NO2/c1-13-12-14(8-11-17-13)16-9-5-10-18-15-6-3-2-4-7-15/h2-4,6-7,13-14,16H,5,8-12H2,1H3/t13-,14-/m0/s1. The molecule has 0 saturated carbocycles. The Morgan fingerprint density at radius 2 is 2.17 bits per heavy atom. The summed E-state index contributed by atoms with van der Waals surface area (Å²) in [6.45, 7) is 4.83. The summed E-state index contributed by atoms with van der Waals surface area (Å²) in [7, 11) is 0. The minimum atomic E-state index is 0.400. The molecule has 18 heavy (non-hydrogen) atoms. The van der Waals surface area contributed by atoms with Crippen molar-refractivity contribution in [3.05, 3.63) is 30.3 Å². The molecule has 0 aromatic heterocycles. The van der Waals surface area contributed by atoms with Crippen LogP contribution in [0.5, 0.6) is 5.75 Å². The van der Waals surface area contributed by atoms with E-state index in [1.54, 1.807) is 0 Å². The van der Waals surface area contributed by atoms with Gasteiger partial charge in [-0.05, 0) is 44.9 Å². The van der Waals surface area contributed by atoms with Gasteiger partial charge in [0.05, 0.1) is 12.7 Å². The minimum absolute atomic E-state index is 0.400. The lowest BCUT2D eigenvalue weighted by Gasteiger charge is -2.28. The molecule has 0 aliphatic carbocycles. The predicted octanol–water partition coefficient (Wildman–Crippen LogP) is 2.61. The molecule has 1 N–H and O–H groups in total. The molecule has 1 aromatic rings. The van der Waals surface area contributed by atoms with Gasteiger partial charge in [0, 0.05) is 12.6 Å². The van der Waals surface area contributed by atoms with Crippen LogP contribution < -0.4 is 10.1 Å². The molecule has 1 saturated heterocycles. The molecule has 2 atom stereocenters. The number of hydrogen-bond donors (Lipinski definition) is 1. The maximum absolute atomic E-state index is 5.65. The van der Waals surface area contributed by atoms with Crippen molar-refractivity contribution < 1.29 is 9.47 Å². The molecule has 1 aliphatic rings. The molecule has 1 aliphatic heterocycles. The summed E-state index contributed by atoms with van der Waals surface area (Å²) in [5.74, 6) is 0.956. The normalized spacial score (nSPS) is 23.8. The largest absolute Gasteiger partial charge is 0.494 e. The van der Waals surface area contributed by atoms with E-state index in [4.69, 9.17) is 9.47 Å². The highest BCUT2D eigenvalue weighted by Gasteiger charge is 2.18. The minimum Gasteiger partial charge on any atom is -0.494 e. The lowest BCUT2D eigenvalue weighted by molar-refractivity contribution is 0.0133. The van der Waals surface area contributed by atoms with Gasteiger partial charge in [0.25, 0.3) is 0 Å². The first-order valence-corrected chi connectivity index (χ1v) is 6.87. The topological polar surface area (TPSA) is 30.5 Å². The number of benzene rings is 1. The highest BCUT2D eigenvalue weighted by Crippen LogP contribution is 2.13. The van der Waals surface area contributed by atoms with Gasteiger partial charge in [-0.3, -0.25) is 0 Å². The number of ether oxygens (including phenoxy) is 2. The number of para-hydroxylation sites is 1. The van der Waals surface area contributed by atoms with Crippen LogP contribution in [-0.4, -0.2) is 31.9 Å². The van der Waals surface area contributed by atoms with Gasteiger partial charge in [-0.15, -0.1) is 0 Å². The van der Waals surface area contributed by atoms with Crippen LogP contribution in [0, 0.1) is 0 Å². The van der Waals surface area contributed by atoms with E-state index in [0.717, 1.165) is 44.8 Å². The van der Waals surface area contributed by atoms with E-state index in [-0.39, 0.29) is 0 Å². The fourth-order valence-electron chi connectivity index (χ4n) is 2.27. The zero-order valence-corrected chi connectivity index (χ0v) is 11.1. The number of rotatable bonds is 6. The summed E-state index contributed by atoms with van der Waals surface area (Å²) >= 11 is 0. The first kappa shape index (κ1) is 13.4. The van der Waals surface area contributed by atoms with Crippen molar-refractivity contribution in [1.29, 1.82) is 0 Å². The van der Waals surface area contributed by atoms with Gasteiger partial charge >= 0.3 is 0 Å². The van der Waals surface area contributed by atoms with Crippen molar-refractivity contribution in [3.8, 4) is 5.75 Å². The summed E-state index contributed by atoms with van der Waals surface area (Å²) in [6, 6.07) is 10.6. The van der Waals surface area contributed by atoms with Crippen LogP contribution in [0.2, 0.25) is 0 Å². The second kappa shape index (κ2) is 7.39. The van der Waals surface area contributed by atoms with Crippen molar-refractivity contribution in [3.63, 3.8) is 0 Å². The monoisotopic (exact) mass is 249 g/mol. The molecule has 0 amide bonds. The Bertz CT molecular complexity index is 329. The van der Waals surface area contributed by atoms with Crippen molar-refractivity contribution in [2.24, 2.45) is 0 Å². The van der Waals surface area contributed by atoms with E-state index in [1.165, 1.54) is 0 Å². The Morgan fingerprint density at radius 1 is 1.33 bits per heavy atom. The molecule has 1 fully saturated rings. The van der Waals surface area contributed by atoms with Crippen LogP contribution in [0.1, 0.15) is 26.2 Å². The fourth-order valence-corrected chi connectivity index (χ4v) is 2.27. The molecular formula is C15H23NO2. The van der Waals surface area contributed by atoms with Crippen LogP contribution in [0.3, 0.4) is 0 Å². The van der Waals surface area contributed by atoms with Crippen molar-refractivity contribution in [2.45, 2.75) is 38.3 Å². The van der Waals surface area contributed by atoms with Gasteiger partial charge < -0.3 is 14.8 Å². The van der Waals surface area contributed by atoms with Crippen LogP contribution in [0.15, 0.2) is 30.3 Å². The summed E-state index contributed by atoms with van der Waals surface area (Å²) in [4.78, 5) is 0. The van der Waals surface area contributed by atoms with E-state index in [9.17, 15) is 0 Å². The highest BCUT2D eigenvalue weighted by molar-refractivity contribution is 5.20. The molecule has 0 spiro atoms. The van der Waals surface area contributed by atoms with E-state index in [2.05, 4.69) is 12.2 Å². The Morgan fingerprint density at radius 3 is 2.94 bits per heavy atom. The zero-order valence-electron chi connectivity index (χ0n) is 11.1. The Balaban J connectivity index is 1.53. The summed E-state index contributed by atoms with van der Waals surface area (Å²) in [5.41, 5.74) is 0. The lowest BCUT2D eigenvalue weighted by atomic mass is 10.0. The quantitative estimate of drug-likeness (QED) is 0.786. The summed E-state index contributed by atoms with van der Waals surface area (Å²) < 4.78 is 11.2. The molecule has 1 aromatic carbocycles. The molecule has 0 bridgehead atoms. The lowest BCUT2D eigenvalue weighted by Crippen LogP contribution is -2.38. The molecular weight excluding hydrogens is 226 g/mol. The third-order valence-electron chi connectivity index (χ3n) is 3.25. The van der Waals surface area contributed by atoms with E-state index in [1.807, 2.05) is 30.3 Å². The van der Waals surface area contributed by atoms with Gasteiger partial charge in [0.2, 0.25) is 0 Å². The van der Waals surface area contributed by atoms with Crippen molar-refractivity contribution in [2.75, 3.05) is 19.8 Å². The Kier molecular flexibility index (Phi) is 5.49. The van der Waals surface area contributed by atoms with Gasteiger partial charge in [-0.2, -0.15) is 0 Å². The first-order valence-electron chi connectivity index (χ1n) is 6.87. The Hall–Kier alpha value is -1.06. The third-order valence-corrected chi connectivity index (χ3v) is 3.25. The molecule has 100 valence electrons. The van der Waals surface area contributed by atoms with Crippen LogP contribution >= 0.6 is 0 Å². The second-order valence-corrected chi connectivity index (χ2v) is 4.87.